The summed E-state index contributed by atoms with van der Waals surface area (Å²) in [5, 5.41) is 3.16. The van der Waals surface area contributed by atoms with Crippen LogP contribution in [0.15, 0.2) is 29.2 Å². The zero-order valence-electron chi connectivity index (χ0n) is 11.6. The maximum absolute atomic E-state index is 11.7. The highest BCUT2D eigenvalue weighted by molar-refractivity contribution is 5.49. The van der Waals surface area contributed by atoms with E-state index in [9.17, 15) is 4.79 Å². The third-order valence-corrected chi connectivity index (χ3v) is 2.74. The number of nitrogens with one attached hydrogen (secondary N) is 2. The molecule has 6 heteroatoms. The number of aromatic nitrogens is 3. The second-order valence-corrected chi connectivity index (χ2v) is 4.47. The van der Waals surface area contributed by atoms with E-state index in [1.54, 1.807) is 13.3 Å². The quantitative estimate of drug-likeness (QED) is 0.764. The van der Waals surface area contributed by atoms with Crippen LogP contribution in [0.2, 0.25) is 0 Å². The van der Waals surface area contributed by atoms with Crippen molar-refractivity contribution in [2.45, 2.75) is 13.5 Å². The zero-order chi connectivity index (χ0) is 14.4. The highest BCUT2D eigenvalue weighted by atomic mass is 16.5. The Morgan fingerprint density at radius 2 is 2.25 bits per heavy atom. The van der Waals surface area contributed by atoms with Gasteiger partial charge in [0.15, 0.2) is 5.82 Å². The normalized spacial score (nSPS) is 10.7. The first-order valence-corrected chi connectivity index (χ1v) is 6.42. The van der Waals surface area contributed by atoms with Gasteiger partial charge in [-0.1, -0.05) is 0 Å². The number of nitrogens with zero attached hydrogens (tertiary/aromatic N) is 2. The summed E-state index contributed by atoms with van der Waals surface area (Å²) in [4.78, 5) is 23.0. The van der Waals surface area contributed by atoms with Crippen LogP contribution in [0.4, 0.5) is 0 Å². The number of hydrogen-bond acceptors (Lipinski definition) is 5. The molecule has 0 spiro atoms. The lowest BCUT2D eigenvalue weighted by Crippen LogP contribution is -2.21. The summed E-state index contributed by atoms with van der Waals surface area (Å²) in [5.74, 6) is 0.491. The molecule has 6 nitrogen and oxygen atoms in total. The van der Waals surface area contributed by atoms with Gasteiger partial charge >= 0.3 is 0 Å². The molecule has 0 bridgehead atoms. The van der Waals surface area contributed by atoms with Crippen molar-refractivity contribution in [3.8, 4) is 11.5 Å². The van der Waals surface area contributed by atoms with Crippen molar-refractivity contribution < 1.29 is 4.74 Å². The van der Waals surface area contributed by atoms with Gasteiger partial charge in [-0.3, -0.25) is 9.78 Å². The molecular formula is C14H18N4O2. The van der Waals surface area contributed by atoms with Gasteiger partial charge in [0, 0.05) is 32.5 Å². The first kappa shape index (κ1) is 14.4. The van der Waals surface area contributed by atoms with Gasteiger partial charge in [-0.25, -0.2) is 4.98 Å². The maximum atomic E-state index is 11.7. The molecule has 0 radical (unpaired) electrons. The van der Waals surface area contributed by atoms with E-state index in [0.29, 0.717) is 36.9 Å². The third kappa shape index (κ3) is 3.97. The minimum absolute atomic E-state index is 0.179. The Morgan fingerprint density at radius 3 is 3.00 bits per heavy atom. The molecule has 0 aliphatic rings. The summed E-state index contributed by atoms with van der Waals surface area (Å²) in [6.45, 7) is 3.82. The van der Waals surface area contributed by atoms with Crippen molar-refractivity contribution >= 4 is 0 Å². The fraction of sp³-hybridized carbons (Fsp3) is 0.357. The second-order valence-electron chi connectivity index (χ2n) is 4.47. The van der Waals surface area contributed by atoms with E-state index in [0.717, 1.165) is 5.56 Å². The van der Waals surface area contributed by atoms with Crippen molar-refractivity contribution in [1.29, 1.82) is 0 Å². The molecular weight excluding hydrogens is 256 g/mol. The summed E-state index contributed by atoms with van der Waals surface area (Å²) in [6.07, 6.45) is 1.70. The van der Waals surface area contributed by atoms with E-state index in [1.165, 1.54) is 6.07 Å². The number of rotatable bonds is 6. The van der Waals surface area contributed by atoms with Crippen molar-refractivity contribution in [1.82, 2.24) is 20.3 Å². The predicted molar refractivity (Wildman–Crippen MR) is 76.4 cm³/mol. The standard InChI is InChI=1S/C14H18N4O2/c1-10-3-4-16-12(7-10)14-17-11(8-13(19)18-14)9-15-5-6-20-2/h3-4,7-8,15H,5-6,9H2,1-2H3,(H,17,18,19). The Kier molecular flexibility index (Phi) is 4.97. The van der Waals surface area contributed by atoms with E-state index in [-0.39, 0.29) is 5.56 Å². The number of aromatic amines is 1. The van der Waals surface area contributed by atoms with Gasteiger partial charge in [0.2, 0.25) is 0 Å². The molecule has 2 aromatic heterocycles. The van der Waals surface area contributed by atoms with Crippen LogP contribution in [0.3, 0.4) is 0 Å². The molecule has 2 aromatic rings. The lowest BCUT2D eigenvalue weighted by atomic mass is 10.2. The molecule has 0 fully saturated rings. The number of H-pyrrole nitrogens is 1. The van der Waals surface area contributed by atoms with Gasteiger partial charge in [-0.2, -0.15) is 0 Å². The summed E-state index contributed by atoms with van der Waals surface area (Å²) >= 11 is 0. The van der Waals surface area contributed by atoms with Gasteiger partial charge in [-0.05, 0) is 24.6 Å². The molecule has 0 saturated heterocycles. The van der Waals surface area contributed by atoms with Gasteiger partial charge in [0.05, 0.1) is 12.3 Å². The van der Waals surface area contributed by atoms with Gasteiger partial charge in [-0.15, -0.1) is 0 Å². The zero-order valence-corrected chi connectivity index (χ0v) is 11.6. The van der Waals surface area contributed by atoms with Crippen LogP contribution in [-0.4, -0.2) is 35.2 Å². The molecule has 0 aromatic carbocycles. The van der Waals surface area contributed by atoms with E-state index < -0.39 is 0 Å². The van der Waals surface area contributed by atoms with E-state index in [1.807, 2.05) is 19.1 Å². The molecule has 0 aliphatic heterocycles. The molecule has 0 aliphatic carbocycles. The summed E-state index contributed by atoms with van der Waals surface area (Å²) in [6, 6.07) is 5.28. The maximum Gasteiger partial charge on any atom is 0.251 e. The fourth-order valence-corrected chi connectivity index (χ4v) is 1.78. The molecule has 2 rings (SSSR count). The van der Waals surface area contributed by atoms with Crippen LogP contribution >= 0.6 is 0 Å². The molecule has 0 atom stereocenters. The Bertz CT molecular complexity index is 625. The third-order valence-electron chi connectivity index (χ3n) is 2.74. The molecule has 2 N–H and O–H groups in total. The van der Waals surface area contributed by atoms with Gasteiger partial charge in [0.25, 0.3) is 5.56 Å². The predicted octanol–water partition coefficient (Wildman–Crippen LogP) is 0.876. The number of aryl methyl sites for hydroxylation is 1. The highest BCUT2D eigenvalue weighted by Gasteiger charge is 2.05. The average Bonchev–Trinajstić information content (AvgIpc) is 2.43. The Morgan fingerprint density at radius 1 is 1.40 bits per heavy atom. The van der Waals surface area contributed by atoms with Gasteiger partial charge in [0.1, 0.15) is 5.69 Å². The Balaban J connectivity index is 2.18. The molecule has 0 unspecified atom stereocenters. The first-order chi connectivity index (χ1) is 9.69. The summed E-state index contributed by atoms with van der Waals surface area (Å²) in [7, 11) is 1.65. The SMILES string of the molecule is COCCNCc1cc(=O)[nH]c(-c2cc(C)ccn2)n1. The van der Waals surface area contributed by atoms with Crippen LogP contribution in [-0.2, 0) is 11.3 Å². The summed E-state index contributed by atoms with van der Waals surface area (Å²) < 4.78 is 4.95. The topological polar surface area (TPSA) is 79.9 Å². The van der Waals surface area contributed by atoms with Crippen molar-refractivity contribution in [2.24, 2.45) is 0 Å². The largest absolute Gasteiger partial charge is 0.383 e. The molecule has 20 heavy (non-hydrogen) atoms. The fourth-order valence-electron chi connectivity index (χ4n) is 1.78. The molecule has 0 saturated carbocycles. The smallest absolute Gasteiger partial charge is 0.251 e. The minimum Gasteiger partial charge on any atom is -0.383 e. The first-order valence-electron chi connectivity index (χ1n) is 6.42. The van der Waals surface area contributed by atoms with Crippen LogP contribution in [0.25, 0.3) is 11.5 Å². The van der Waals surface area contributed by atoms with Crippen molar-refractivity contribution in [3.05, 3.63) is 46.0 Å². The van der Waals surface area contributed by atoms with Crippen LogP contribution in [0, 0.1) is 6.92 Å². The lowest BCUT2D eigenvalue weighted by Gasteiger charge is -2.06. The lowest BCUT2D eigenvalue weighted by molar-refractivity contribution is 0.199. The molecule has 0 amide bonds. The van der Waals surface area contributed by atoms with E-state index in [4.69, 9.17) is 4.74 Å². The Hall–Kier alpha value is -2.05. The summed E-state index contributed by atoms with van der Waals surface area (Å²) in [5.41, 5.74) is 2.24. The average molecular weight is 274 g/mol. The number of hydrogen-bond donors (Lipinski definition) is 2. The van der Waals surface area contributed by atoms with Crippen LogP contribution in [0.5, 0.6) is 0 Å². The van der Waals surface area contributed by atoms with Crippen LogP contribution < -0.4 is 10.9 Å². The Labute approximate surface area is 117 Å². The van der Waals surface area contributed by atoms with Gasteiger partial charge < -0.3 is 15.0 Å². The van der Waals surface area contributed by atoms with E-state index in [2.05, 4.69) is 20.3 Å². The van der Waals surface area contributed by atoms with Crippen molar-refractivity contribution in [3.63, 3.8) is 0 Å². The van der Waals surface area contributed by atoms with Crippen LogP contribution in [0.1, 0.15) is 11.3 Å². The highest BCUT2D eigenvalue weighted by Crippen LogP contribution is 2.11. The number of methoxy groups -OCH3 is 1. The number of ether oxygens (including phenoxy) is 1. The van der Waals surface area contributed by atoms with Crippen molar-refractivity contribution in [2.75, 3.05) is 20.3 Å². The molecule has 106 valence electrons. The molecule has 2 heterocycles. The number of pyridine rings is 1. The van der Waals surface area contributed by atoms with E-state index >= 15 is 0 Å². The minimum atomic E-state index is -0.179. The monoisotopic (exact) mass is 274 g/mol. The second kappa shape index (κ2) is 6.93.